The fraction of sp³-hybridized carbons (Fsp3) is 0.296. The number of ether oxygens (including phenoxy) is 2. The Hall–Kier alpha value is -3.45. The molecule has 12 heteroatoms. The monoisotopic (exact) mass is 573 g/mol. The lowest BCUT2D eigenvalue weighted by Gasteiger charge is -2.27. The van der Waals surface area contributed by atoms with Crippen LogP contribution in [-0.4, -0.2) is 67.0 Å². The first-order valence-corrected chi connectivity index (χ1v) is 15.1. The highest BCUT2D eigenvalue weighted by Gasteiger charge is 2.31. The van der Waals surface area contributed by atoms with Gasteiger partial charge in [0.1, 0.15) is 17.2 Å². The molecule has 0 aromatic heterocycles. The SMILES string of the molecule is COc1ccc(NC(=O)CN(c2ccc(C)cc2)S(=O)(=O)c2ccc(C)cc2)cc1S(=O)(=O)N1CCOCC1. The lowest BCUT2D eigenvalue weighted by atomic mass is 10.2. The van der Waals surface area contributed by atoms with E-state index >= 15 is 0 Å². The zero-order chi connectivity index (χ0) is 28.2. The lowest BCUT2D eigenvalue weighted by molar-refractivity contribution is -0.114. The van der Waals surface area contributed by atoms with E-state index in [4.69, 9.17) is 9.47 Å². The molecule has 0 spiro atoms. The van der Waals surface area contributed by atoms with Crippen molar-refractivity contribution >= 4 is 37.3 Å². The van der Waals surface area contributed by atoms with Crippen LogP contribution in [0.25, 0.3) is 0 Å². The quantitative estimate of drug-likeness (QED) is 0.417. The molecule has 3 aromatic carbocycles. The molecule has 1 N–H and O–H groups in total. The number of nitrogens with zero attached hydrogens (tertiary/aromatic N) is 2. The van der Waals surface area contributed by atoms with E-state index in [1.165, 1.54) is 41.7 Å². The second kappa shape index (κ2) is 11.7. The summed E-state index contributed by atoms with van der Waals surface area (Å²) in [5, 5.41) is 2.64. The zero-order valence-electron chi connectivity index (χ0n) is 22.0. The molecule has 1 amide bonds. The van der Waals surface area contributed by atoms with Crippen LogP contribution < -0.4 is 14.4 Å². The Bertz CT molecular complexity index is 1530. The predicted octanol–water partition coefficient (Wildman–Crippen LogP) is 3.17. The van der Waals surface area contributed by atoms with Crippen LogP contribution in [0, 0.1) is 13.8 Å². The number of benzene rings is 3. The minimum Gasteiger partial charge on any atom is -0.495 e. The van der Waals surface area contributed by atoms with E-state index in [9.17, 15) is 21.6 Å². The van der Waals surface area contributed by atoms with Crippen molar-refractivity contribution < 1.29 is 31.1 Å². The molecular weight excluding hydrogens is 542 g/mol. The fourth-order valence-electron chi connectivity index (χ4n) is 4.08. The Kier molecular flexibility index (Phi) is 8.60. The molecule has 1 aliphatic heterocycles. The van der Waals surface area contributed by atoms with E-state index in [0.29, 0.717) is 5.69 Å². The van der Waals surface area contributed by atoms with Crippen LogP contribution in [0.15, 0.2) is 76.5 Å². The van der Waals surface area contributed by atoms with Crippen LogP contribution in [0.3, 0.4) is 0 Å². The summed E-state index contributed by atoms with van der Waals surface area (Å²) in [5.74, 6) is -0.520. The van der Waals surface area contributed by atoms with Crippen molar-refractivity contribution in [2.75, 3.05) is 49.6 Å². The van der Waals surface area contributed by atoms with Gasteiger partial charge in [-0.1, -0.05) is 35.4 Å². The van der Waals surface area contributed by atoms with Gasteiger partial charge in [0.15, 0.2) is 0 Å². The Morgan fingerprint density at radius 1 is 0.923 bits per heavy atom. The highest BCUT2D eigenvalue weighted by atomic mass is 32.2. The van der Waals surface area contributed by atoms with E-state index < -0.39 is 32.5 Å². The highest BCUT2D eigenvalue weighted by molar-refractivity contribution is 7.92. The Morgan fingerprint density at radius 2 is 1.51 bits per heavy atom. The number of rotatable bonds is 9. The maximum atomic E-state index is 13.6. The van der Waals surface area contributed by atoms with Crippen molar-refractivity contribution in [3.63, 3.8) is 0 Å². The van der Waals surface area contributed by atoms with Crippen LogP contribution in [0.2, 0.25) is 0 Å². The van der Waals surface area contributed by atoms with Crippen molar-refractivity contribution in [3.05, 3.63) is 77.9 Å². The topological polar surface area (TPSA) is 122 Å². The first kappa shape index (κ1) is 28.6. The number of anilines is 2. The summed E-state index contributed by atoms with van der Waals surface area (Å²) < 4.78 is 66.7. The Morgan fingerprint density at radius 3 is 2.10 bits per heavy atom. The van der Waals surface area contributed by atoms with Crippen molar-refractivity contribution in [1.82, 2.24) is 4.31 Å². The van der Waals surface area contributed by atoms with Crippen molar-refractivity contribution in [2.45, 2.75) is 23.6 Å². The summed E-state index contributed by atoms with van der Waals surface area (Å²) in [4.78, 5) is 13.1. The third-order valence-corrected chi connectivity index (χ3v) is 9.96. The minimum absolute atomic E-state index is 0.0461. The smallest absolute Gasteiger partial charge is 0.264 e. The molecule has 1 heterocycles. The number of sulfonamides is 2. The number of amides is 1. The molecule has 0 aliphatic carbocycles. The largest absolute Gasteiger partial charge is 0.495 e. The van der Waals surface area contributed by atoms with E-state index in [-0.39, 0.29) is 47.5 Å². The molecule has 1 saturated heterocycles. The molecular formula is C27H31N3O7S2. The molecule has 3 aromatic rings. The summed E-state index contributed by atoms with van der Waals surface area (Å²) in [7, 11) is -6.65. The van der Waals surface area contributed by atoms with Gasteiger partial charge in [-0.15, -0.1) is 0 Å². The van der Waals surface area contributed by atoms with Gasteiger partial charge in [-0.25, -0.2) is 16.8 Å². The van der Waals surface area contributed by atoms with Crippen molar-refractivity contribution in [3.8, 4) is 5.75 Å². The number of hydrogen-bond acceptors (Lipinski definition) is 7. The molecule has 0 bridgehead atoms. The molecule has 208 valence electrons. The van der Waals surface area contributed by atoms with Gasteiger partial charge in [-0.3, -0.25) is 9.10 Å². The van der Waals surface area contributed by atoms with E-state index in [1.54, 1.807) is 36.4 Å². The summed E-state index contributed by atoms with van der Waals surface area (Å²) in [6.07, 6.45) is 0. The molecule has 0 unspecified atom stereocenters. The molecule has 1 aliphatic rings. The average molecular weight is 574 g/mol. The van der Waals surface area contributed by atoms with Gasteiger partial charge in [0.25, 0.3) is 10.0 Å². The standard InChI is InChI=1S/C27H31N3O7S2/c1-20-4-9-23(10-5-20)30(38(32,33)24-11-6-21(2)7-12-24)19-27(31)28-22-8-13-25(36-3)26(18-22)39(34,35)29-14-16-37-17-15-29/h4-13,18H,14-17,19H2,1-3H3,(H,28,31). The Labute approximate surface area is 229 Å². The number of methoxy groups -OCH3 is 1. The first-order valence-electron chi connectivity index (χ1n) is 12.2. The normalized spacial score (nSPS) is 14.5. The van der Waals surface area contributed by atoms with Crippen LogP contribution in [0.5, 0.6) is 5.75 Å². The van der Waals surface area contributed by atoms with Crippen LogP contribution >= 0.6 is 0 Å². The summed E-state index contributed by atoms with van der Waals surface area (Å²) in [6, 6.07) is 17.4. The summed E-state index contributed by atoms with van der Waals surface area (Å²) in [5.41, 5.74) is 2.34. The lowest BCUT2D eigenvalue weighted by Crippen LogP contribution is -2.40. The van der Waals surface area contributed by atoms with E-state index in [2.05, 4.69) is 5.32 Å². The van der Waals surface area contributed by atoms with E-state index in [0.717, 1.165) is 15.4 Å². The van der Waals surface area contributed by atoms with Gasteiger partial charge in [0.05, 0.1) is 30.9 Å². The molecule has 0 radical (unpaired) electrons. The molecule has 0 atom stereocenters. The third kappa shape index (κ3) is 6.41. The maximum absolute atomic E-state index is 13.6. The van der Waals surface area contributed by atoms with Gasteiger partial charge < -0.3 is 14.8 Å². The van der Waals surface area contributed by atoms with Crippen LogP contribution in [0.4, 0.5) is 11.4 Å². The summed E-state index contributed by atoms with van der Waals surface area (Å²) >= 11 is 0. The highest BCUT2D eigenvalue weighted by Crippen LogP contribution is 2.31. The fourth-order valence-corrected chi connectivity index (χ4v) is 7.09. The minimum atomic E-state index is -4.09. The number of carbonyl (C=O) groups excluding carboxylic acids is 1. The molecule has 4 rings (SSSR count). The average Bonchev–Trinajstić information content (AvgIpc) is 2.93. The summed E-state index contributed by atoms with van der Waals surface area (Å²) in [6.45, 7) is 4.15. The predicted molar refractivity (Wildman–Crippen MR) is 148 cm³/mol. The van der Waals surface area contributed by atoms with Crippen molar-refractivity contribution in [1.29, 1.82) is 0 Å². The van der Waals surface area contributed by atoms with Crippen molar-refractivity contribution in [2.24, 2.45) is 0 Å². The third-order valence-electron chi connectivity index (χ3n) is 6.25. The number of carbonyl (C=O) groups is 1. The van der Waals surface area contributed by atoms with Crippen LogP contribution in [0.1, 0.15) is 11.1 Å². The second-order valence-electron chi connectivity index (χ2n) is 9.09. The zero-order valence-corrected chi connectivity index (χ0v) is 23.6. The van der Waals surface area contributed by atoms with Crippen LogP contribution in [-0.2, 0) is 29.6 Å². The van der Waals surface area contributed by atoms with E-state index in [1.807, 2.05) is 13.8 Å². The molecule has 10 nitrogen and oxygen atoms in total. The number of aryl methyl sites for hydroxylation is 2. The van der Waals surface area contributed by atoms with Gasteiger partial charge in [0.2, 0.25) is 15.9 Å². The number of morpholine rings is 1. The number of nitrogens with one attached hydrogen (secondary N) is 1. The van der Waals surface area contributed by atoms with Gasteiger partial charge >= 0.3 is 0 Å². The molecule has 1 fully saturated rings. The maximum Gasteiger partial charge on any atom is 0.264 e. The molecule has 0 saturated carbocycles. The number of hydrogen-bond donors (Lipinski definition) is 1. The molecule has 39 heavy (non-hydrogen) atoms. The van der Waals surface area contributed by atoms with Gasteiger partial charge in [-0.2, -0.15) is 4.31 Å². The Balaban J connectivity index is 1.63. The van der Waals surface area contributed by atoms with Gasteiger partial charge in [0, 0.05) is 18.8 Å². The van der Waals surface area contributed by atoms with Gasteiger partial charge in [-0.05, 0) is 56.3 Å². The first-order chi connectivity index (χ1) is 18.5. The second-order valence-corrected chi connectivity index (χ2v) is 12.9.